The molecule has 1 amide bonds. The maximum atomic E-state index is 12.1. The number of carbonyl (C=O) groups is 1. The standard InChI is InChI=1S/C17H11BrN2O3/c18-13-7-5-11(6-8-13)10-19-20-16(21)14-9-12-3-1-2-4-15(12)23-17(14)22/h1-10H,(H,20,21). The second kappa shape index (κ2) is 6.58. The van der Waals surface area contributed by atoms with E-state index in [1.165, 1.54) is 12.3 Å². The minimum atomic E-state index is -0.694. The van der Waals surface area contributed by atoms with Crippen LogP contribution in [0.4, 0.5) is 0 Å². The van der Waals surface area contributed by atoms with Gasteiger partial charge in [0.05, 0.1) is 6.21 Å². The fourth-order valence-corrected chi connectivity index (χ4v) is 2.26. The zero-order chi connectivity index (χ0) is 16.2. The number of fused-ring (bicyclic) bond motifs is 1. The number of rotatable bonds is 3. The van der Waals surface area contributed by atoms with Gasteiger partial charge in [-0.2, -0.15) is 5.10 Å². The number of hydrogen-bond acceptors (Lipinski definition) is 4. The van der Waals surface area contributed by atoms with Crippen molar-refractivity contribution in [2.75, 3.05) is 0 Å². The van der Waals surface area contributed by atoms with Crippen LogP contribution in [-0.4, -0.2) is 12.1 Å². The average molecular weight is 371 g/mol. The third kappa shape index (κ3) is 3.54. The lowest BCUT2D eigenvalue weighted by atomic mass is 10.2. The van der Waals surface area contributed by atoms with Gasteiger partial charge in [-0.3, -0.25) is 4.79 Å². The van der Waals surface area contributed by atoms with Gasteiger partial charge in [0.25, 0.3) is 5.91 Å². The fourth-order valence-electron chi connectivity index (χ4n) is 1.99. The second-order valence-corrected chi connectivity index (χ2v) is 5.65. The molecule has 23 heavy (non-hydrogen) atoms. The molecule has 0 aliphatic carbocycles. The van der Waals surface area contributed by atoms with Crippen LogP contribution >= 0.6 is 15.9 Å². The van der Waals surface area contributed by atoms with Crippen molar-refractivity contribution in [2.45, 2.75) is 0 Å². The second-order valence-electron chi connectivity index (χ2n) is 4.74. The van der Waals surface area contributed by atoms with Crippen LogP contribution in [0.2, 0.25) is 0 Å². The van der Waals surface area contributed by atoms with Crippen molar-refractivity contribution in [1.29, 1.82) is 0 Å². The number of nitrogens with one attached hydrogen (secondary N) is 1. The molecule has 0 spiro atoms. The lowest BCUT2D eigenvalue weighted by Gasteiger charge is -2.01. The van der Waals surface area contributed by atoms with Crippen LogP contribution in [0.1, 0.15) is 15.9 Å². The van der Waals surface area contributed by atoms with Crippen LogP contribution in [0.25, 0.3) is 11.0 Å². The van der Waals surface area contributed by atoms with Crippen molar-refractivity contribution >= 4 is 39.0 Å². The van der Waals surface area contributed by atoms with E-state index in [0.29, 0.717) is 11.0 Å². The molecule has 0 aliphatic heterocycles. The summed E-state index contributed by atoms with van der Waals surface area (Å²) in [6.07, 6.45) is 1.49. The molecule has 0 radical (unpaired) electrons. The van der Waals surface area contributed by atoms with Crippen molar-refractivity contribution in [2.24, 2.45) is 5.10 Å². The fraction of sp³-hybridized carbons (Fsp3) is 0. The lowest BCUT2D eigenvalue weighted by molar-refractivity contribution is 0.0951. The van der Waals surface area contributed by atoms with E-state index >= 15 is 0 Å². The number of carbonyl (C=O) groups excluding carboxylic acids is 1. The molecule has 3 aromatic rings. The van der Waals surface area contributed by atoms with Gasteiger partial charge in [0.1, 0.15) is 11.1 Å². The van der Waals surface area contributed by atoms with E-state index in [2.05, 4.69) is 26.5 Å². The van der Waals surface area contributed by atoms with E-state index in [9.17, 15) is 9.59 Å². The number of amides is 1. The van der Waals surface area contributed by atoms with Crippen molar-refractivity contribution < 1.29 is 9.21 Å². The summed E-state index contributed by atoms with van der Waals surface area (Å²) >= 11 is 3.34. The van der Waals surface area contributed by atoms with Crippen LogP contribution in [0.15, 0.2) is 73.4 Å². The van der Waals surface area contributed by atoms with Gasteiger partial charge >= 0.3 is 5.63 Å². The molecule has 6 heteroatoms. The minimum absolute atomic E-state index is 0.0864. The number of halogens is 1. The molecule has 0 saturated heterocycles. The summed E-state index contributed by atoms with van der Waals surface area (Å²) in [7, 11) is 0. The van der Waals surface area contributed by atoms with E-state index in [1.807, 2.05) is 24.3 Å². The van der Waals surface area contributed by atoms with E-state index in [0.717, 1.165) is 10.0 Å². The first kappa shape index (κ1) is 15.2. The normalized spacial score (nSPS) is 11.0. The Balaban J connectivity index is 1.79. The smallest absolute Gasteiger partial charge is 0.349 e. The third-order valence-electron chi connectivity index (χ3n) is 3.14. The molecule has 1 heterocycles. The lowest BCUT2D eigenvalue weighted by Crippen LogP contribution is -2.24. The Labute approximate surface area is 139 Å². The Morgan fingerprint density at radius 3 is 2.65 bits per heavy atom. The van der Waals surface area contributed by atoms with Crippen molar-refractivity contribution in [1.82, 2.24) is 5.43 Å². The summed E-state index contributed by atoms with van der Waals surface area (Å²) < 4.78 is 6.07. The first-order chi connectivity index (χ1) is 11.1. The van der Waals surface area contributed by atoms with Gasteiger partial charge in [-0.05, 0) is 29.8 Å². The highest BCUT2D eigenvalue weighted by Crippen LogP contribution is 2.12. The van der Waals surface area contributed by atoms with Gasteiger partial charge in [-0.25, -0.2) is 10.2 Å². The largest absolute Gasteiger partial charge is 0.422 e. The molecule has 0 saturated carbocycles. The first-order valence-electron chi connectivity index (χ1n) is 6.75. The summed E-state index contributed by atoms with van der Waals surface area (Å²) in [4.78, 5) is 23.9. The van der Waals surface area contributed by atoms with Gasteiger partial charge in [-0.15, -0.1) is 0 Å². The summed E-state index contributed by atoms with van der Waals surface area (Å²) in [6.45, 7) is 0. The van der Waals surface area contributed by atoms with Crippen LogP contribution < -0.4 is 11.1 Å². The predicted molar refractivity (Wildman–Crippen MR) is 91.7 cm³/mol. The monoisotopic (exact) mass is 370 g/mol. The molecule has 0 fully saturated rings. The Hall–Kier alpha value is -2.73. The Kier molecular flexibility index (Phi) is 4.34. The van der Waals surface area contributed by atoms with Crippen molar-refractivity contribution in [3.05, 3.63) is 80.6 Å². The molecule has 1 aromatic heterocycles. The summed E-state index contributed by atoms with van der Waals surface area (Å²) in [5.41, 5.74) is 2.80. The molecule has 3 rings (SSSR count). The van der Waals surface area contributed by atoms with E-state index in [-0.39, 0.29) is 5.56 Å². The zero-order valence-corrected chi connectivity index (χ0v) is 13.4. The van der Waals surface area contributed by atoms with E-state index < -0.39 is 11.5 Å². The highest BCUT2D eigenvalue weighted by atomic mass is 79.9. The van der Waals surface area contributed by atoms with E-state index in [1.54, 1.807) is 24.3 Å². The highest BCUT2D eigenvalue weighted by Gasteiger charge is 2.12. The Morgan fingerprint density at radius 2 is 1.87 bits per heavy atom. The summed E-state index contributed by atoms with van der Waals surface area (Å²) in [5.74, 6) is -0.613. The number of hydrazone groups is 1. The molecular formula is C17H11BrN2O3. The summed E-state index contributed by atoms with van der Waals surface area (Å²) in [6, 6.07) is 15.9. The average Bonchev–Trinajstić information content (AvgIpc) is 2.56. The molecule has 0 unspecified atom stereocenters. The number of hydrogen-bond donors (Lipinski definition) is 1. The quantitative estimate of drug-likeness (QED) is 0.436. The number of nitrogens with zero attached hydrogens (tertiary/aromatic N) is 1. The minimum Gasteiger partial charge on any atom is -0.422 e. The zero-order valence-electron chi connectivity index (χ0n) is 11.8. The van der Waals surface area contributed by atoms with Crippen molar-refractivity contribution in [3.8, 4) is 0 Å². The van der Waals surface area contributed by atoms with Gasteiger partial charge in [0, 0.05) is 9.86 Å². The maximum absolute atomic E-state index is 12.1. The predicted octanol–water partition coefficient (Wildman–Crippen LogP) is 3.32. The van der Waals surface area contributed by atoms with Crippen molar-refractivity contribution in [3.63, 3.8) is 0 Å². The third-order valence-corrected chi connectivity index (χ3v) is 3.66. The highest BCUT2D eigenvalue weighted by molar-refractivity contribution is 9.10. The molecule has 0 atom stereocenters. The van der Waals surface area contributed by atoms with Gasteiger partial charge in [-0.1, -0.05) is 46.3 Å². The molecule has 5 nitrogen and oxygen atoms in total. The Morgan fingerprint density at radius 1 is 1.13 bits per heavy atom. The number of para-hydroxylation sites is 1. The van der Waals surface area contributed by atoms with Crippen LogP contribution in [-0.2, 0) is 0 Å². The van der Waals surface area contributed by atoms with Crippen LogP contribution in [0.5, 0.6) is 0 Å². The Bertz CT molecular complexity index is 946. The van der Waals surface area contributed by atoms with Crippen LogP contribution in [0, 0.1) is 0 Å². The molecule has 0 bridgehead atoms. The molecule has 2 aromatic carbocycles. The van der Waals surface area contributed by atoms with Gasteiger partial charge < -0.3 is 4.42 Å². The molecule has 114 valence electrons. The van der Waals surface area contributed by atoms with Gasteiger partial charge in [0.15, 0.2) is 0 Å². The molecular weight excluding hydrogens is 360 g/mol. The topological polar surface area (TPSA) is 71.7 Å². The maximum Gasteiger partial charge on any atom is 0.349 e. The molecule has 0 aliphatic rings. The SMILES string of the molecule is O=C(NN=Cc1ccc(Br)cc1)c1cc2ccccc2oc1=O. The number of benzene rings is 2. The molecule has 1 N–H and O–H groups in total. The van der Waals surface area contributed by atoms with Crippen LogP contribution in [0.3, 0.4) is 0 Å². The summed E-state index contributed by atoms with van der Waals surface area (Å²) in [5, 5.41) is 4.52. The van der Waals surface area contributed by atoms with E-state index in [4.69, 9.17) is 4.42 Å². The first-order valence-corrected chi connectivity index (χ1v) is 7.55. The van der Waals surface area contributed by atoms with Gasteiger partial charge in [0.2, 0.25) is 0 Å².